The van der Waals surface area contributed by atoms with Crippen molar-refractivity contribution in [3.63, 3.8) is 0 Å². The third-order valence-electron chi connectivity index (χ3n) is 4.11. The number of imidazole rings is 1. The summed E-state index contributed by atoms with van der Waals surface area (Å²) in [7, 11) is 1.55. The molecule has 8 nitrogen and oxygen atoms in total. The van der Waals surface area contributed by atoms with Gasteiger partial charge in [-0.05, 0) is 24.3 Å². The van der Waals surface area contributed by atoms with E-state index >= 15 is 0 Å². The van der Waals surface area contributed by atoms with E-state index in [2.05, 4.69) is 15.0 Å². The van der Waals surface area contributed by atoms with Crippen LogP contribution in [-0.4, -0.2) is 32.5 Å². The maximum atomic E-state index is 12.5. The molecule has 4 rings (SSSR count). The van der Waals surface area contributed by atoms with E-state index in [0.717, 1.165) is 0 Å². The normalized spacial score (nSPS) is 10.9. The summed E-state index contributed by atoms with van der Waals surface area (Å²) >= 11 is 0. The fraction of sp³-hybridized carbons (Fsp3) is 0.0526. The van der Waals surface area contributed by atoms with Crippen molar-refractivity contribution < 1.29 is 9.53 Å². The largest absolute Gasteiger partial charge is 0.497 e. The van der Waals surface area contributed by atoms with Crippen LogP contribution in [0.25, 0.3) is 28.2 Å². The Kier molecular flexibility index (Phi) is 3.92. The summed E-state index contributed by atoms with van der Waals surface area (Å²) in [5.74, 6) is 0.123. The van der Waals surface area contributed by atoms with Crippen LogP contribution in [0.3, 0.4) is 0 Å². The summed E-state index contributed by atoms with van der Waals surface area (Å²) in [6.07, 6.45) is 0. The number of benzene rings is 2. The van der Waals surface area contributed by atoms with Gasteiger partial charge in [0, 0.05) is 5.56 Å². The second kappa shape index (κ2) is 6.41. The number of para-hydroxylation sites is 1. The Balaban J connectivity index is 2.05. The summed E-state index contributed by atoms with van der Waals surface area (Å²) in [6.45, 7) is 0. The number of aromatic nitrogens is 4. The van der Waals surface area contributed by atoms with E-state index in [1.807, 2.05) is 6.07 Å². The van der Waals surface area contributed by atoms with Crippen LogP contribution in [0.2, 0.25) is 0 Å². The van der Waals surface area contributed by atoms with Gasteiger partial charge in [0.05, 0.1) is 12.8 Å². The molecule has 0 atom stereocenters. The Morgan fingerprint density at radius 1 is 1.11 bits per heavy atom. The van der Waals surface area contributed by atoms with Gasteiger partial charge in [-0.2, -0.15) is 0 Å². The summed E-state index contributed by atoms with van der Waals surface area (Å²) in [6, 6.07) is 16.1. The molecule has 0 radical (unpaired) electrons. The molecule has 1 amide bonds. The summed E-state index contributed by atoms with van der Waals surface area (Å²) in [5, 5.41) is 0. The number of amides is 1. The Hall–Kier alpha value is -3.94. The lowest BCUT2D eigenvalue weighted by Gasteiger charge is -2.07. The lowest BCUT2D eigenvalue weighted by molar-refractivity contribution is 0.0997. The number of hydrogen-bond acceptors (Lipinski definition) is 5. The van der Waals surface area contributed by atoms with E-state index in [9.17, 15) is 9.59 Å². The number of ether oxygens (including phenoxy) is 1. The number of H-pyrrole nitrogens is 1. The monoisotopic (exact) mass is 361 g/mol. The van der Waals surface area contributed by atoms with Crippen molar-refractivity contribution in [2.45, 2.75) is 0 Å². The van der Waals surface area contributed by atoms with Crippen molar-refractivity contribution in [1.29, 1.82) is 0 Å². The molecule has 2 aromatic heterocycles. The van der Waals surface area contributed by atoms with Gasteiger partial charge in [-0.3, -0.25) is 4.79 Å². The third-order valence-corrected chi connectivity index (χ3v) is 4.11. The highest BCUT2D eigenvalue weighted by molar-refractivity contribution is 6.02. The van der Waals surface area contributed by atoms with Crippen LogP contribution >= 0.6 is 0 Å². The fourth-order valence-electron chi connectivity index (χ4n) is 2.87. The molecule has 2 heterocycles. The molecule has 0 saturated carbocycles. The Bertz CT molecular complexity index is 1210. The van der Waals surface area contributed by atoms with E-state index in [4.69, 9.17) is 10.5 Å². The molecule has 3 N–H and O–H groups in total. The predicted molar refractivity (Wildman–Crippen MR) is 100.0 cm³/mol. The van der Waals surface area contributed by atoms with E-state index in [1.54, 1.807) is 55.6 Å². The maximum Gasteiger partial charge on any atom is 0.332 e. The van der Waals surface area contributed by atoms with E-state index in [0.29, 0.717) is 17.0 Å². The van der Waals surface area contributed by atoms with Crippen LogP contribution in [-0.2, 0) is 0 Å². The number of methoxy groups -OCH3 is 1. The van der Waals surface area contributed by atoms with Gasteiger partial charge in [-0.15, -0.1) is 0 Å². The van der Waals surface area contributed by atoms with E-state index in [-0.39, 0.29) is 22.7 Å². The maximum absolute atomic E-state index is 12.5. The predicted octanol–water partition coefficient (Wildman–Crippen LogP) is 1.88. The molecule has 8 heteroatoms. The van der Waals surface area contributed by atoms with Gasteiger partial charge in [-0.1, -0.05) is 30.3 Å². The van der Waals surface area contributed by atoms with Crippen molar-refractivity contribution in [2.24, 2.45) is 5.73 Å². The van der Waals surface area contributed by atoms with Gasteiger partial charge in [0.15, 0.2) is 17.2 Å². The number of rotatable bonds is 4. The number of nitrogens with zero attached hydrogens (tertiary/aromatic N) is 3. The Labute approximate surface area is 153 Å². The molecule has 0 unspecified atom stereocenters. The number of primary amides is 1. The molecule has 0 fully saturated rings. The molecule has 0 aliphatic carbocycles. The molecular weight excluding hydrogens is 346 g/mol. The summed E-state index contributed by atoms with van der Waals surface area (Å²) in [4.78, 5) is 35.9. The van der Waals surface area contributed by atoms with Crippen LogP contribution < -0.4 is 16.2 Å². The Morgan fingerprint density at radius 3 is 2.59 bits per heavy atom. The number of nitrogens with one attached hydrogen (secondary N) is 1. The lowest BCUT2D eigenvalue weighted by atomic mass is 10.2. The average Bonchev–Trinajstić information content (AvgIpc) is 3.03. The highest BCUT2D eigenvalue weighted by Crippen LogP contribution is 2.24. The lowest BCUT2D eigenvalue weighted by Crippen LogP contribution is -2.15. The van der Waals surface area contributed by atoms with Crippen LogP contribution in [0.15, 0.2) is 59.4 Å². The molecule has 134 valence electrons. The van der Waals surface area contributed by atoms with Crippen LogP contribution in [0.4, 0.5) is 0 Å². The first-order valence-electron chi connectivity index (χ1n) is 8.11. The fourth-order valence-corrected chi connectivity index (χ4v) is 2.87. The zero-order chi connectivity index (χ0) is 19.0. The van der Waals surface area contributed by atoms with Gasteiger partial charge in [0.25, 0.3) is 5.91 Å². The number of aromatic amines is 1. The number of fused-ring (bicyclic) bond motifs is 1. The summed E-state index contributed by atoms with van der Waals surface area (Å²) in [5.41, 5.74) is 6.72. The first-order chi connectivity index (χ1) is 13.1. The first-order valence-corrected chi connectivity index (χ1v) is 8.11. The second-order valence-electron chi connectivity index (χ2n) is 5.79. The molecule has 0 aliphatic heterocycles. The minimum Gasteiger partial charge on any atom is -0.497 e. The molecule has 0 aliphatic rings. The topological polar surface area (TPSA) is 116 Å². The van der Waals surface area contributed by atoms with Crippen LogP contribution in [0.1, 0.15) is 10.5 Å². The van der Waals surface area contributed by atoms with Gasteiger partial charge in [0.1, 0.15) is 11.3 Å². The zero-order valence-electron chi connectivity index (χ0n) is 14.3. The standard InChI is InChI=1S/C19H15N5O3/c1-27-13-9-5-6-11(10-13)17-21-14(16(20)25)15-18(23-17)24(19(26)22-15)12-7-3-2-4-8-12/h2-10H,1H3,(H2,20,25)(H,22,26). The molecule has 0 bridgehead atoms. The molecule has 0 spiro atoms. The molecule has 27 heavy (non-hydrogen) atoms. The van der Waals surface area contributed by atoms with Crippen LogP contribution in [0, 0.1) is 0 Å². The number of nitrogens with two attached hydrogens (primary N) is 1. The smallest absolute Gasteiger partial charge is 0.332 e. The SMILES string of the molecule is COc1cccc(-c2nc(C(N)=O)c3[nH]c(=O)n(-c4ccccc4)c3n2)c1. The Morgan fingerprint density at radius 2 is 1.89 bits per heavy atom. The minimum atomic E-state index is -0.756. The highest BCUT2D eigenvalue weighted by atomic mass is 16.5. The van der Waals surface area contributed by atoms with Crippen molar-refractivity contribution in [1.82, 2.24) is 19.5 Å². The quantitative estimate of drug-likeness (QED) is 0.576. The zero-order valence-corrected chi connectivity index (χ0v) is 14.3. The molecule has 2 aromatic carbocycles. The number of hydrogen-bond donors (Lipinski definition) is 2. The second-order valence-corrected chi connectivity index (χ2v) is 5.79. The first kappa shape index (κ1) is 16.5. The molecule has 0 saturated heterocycles. The number of carbonyl (C=O) groups excluding carboxylic acids is 1. The van der Waals surface area contributed by atoms with E-state index in [1.165, 1.54) is 4.57 Å². The summed E-state index contributed by atoms with van der Waals surface area (Å²) < 4.78 is 6.61. The van der Waals surface area contributed by atoms with Gasteiger partial charge in [-0.25, -0.2) is 19.3 Å². The third kappa shape index (κ3) is 2.82. The molecule has 4 aromatic rings. The highest BCUT2D eigenvalue weighted by Gasteiger charge is 2.20. The number of carbonyl (C=O) groups is 1. The van der Waals surface area contributed by atoms with Crippen molar-refractivity contribution in [2.75, 3.05) is 7.11 Å². The minimum absolute atomic E-state index is 0.0513. The van der Waals surface area contributed by atoms with Crippen molar-refractivity contribution in [3.05, 3.63) is 70.8 Å². The van der Waals surface area contributed by atoms with Gasteiger partial charge >= 0.3 is 5.69 Å². The van der Waals surface area contributed by atoms with E-state index < -0.39 is 11.6 Å². The van der Waals surface area contributed by atoms with Gasteiger partial charge in [0.2, 0.25) is 0 Å². The average molecular weight is 361 g/mol. The van der Waals surface area contributed by atoms with Crippen LogP contribution in [0.5, 0.6) is 5.75 Å². The molecular formula is C19H15N5O3. The van der Waals surface area contributed by atoms with Crippen molar-refractivity contribution in [3.8, 4) is 22.8 Å². The van der Waals surface area contributed by atoms with Crippen molar-refractivity contribution >= 4 is 17.1 Å². The van der Waals surface area contributed by atoms with Gasteiger partial charge < -0.3 is 15.5 Å².